The van der Waals surface area contributed by atoms with E-state index in [1.807, 2.05) is 13.8 Å². The largest absolute Gasteiger partial charge is 0.478 e. The molecule has 0 spiro atoms. The molecule has 1 aromatic rings. The van der Waals surface area contributed by atoms with Crippen molar-refractivity contribution in [1.29, 1.82) is 0 Å². The highest BCUT2D eigenvalue weighted by Gasteiger charge is 2.29. The molecule has 23 heavy (non-hydrogen) atoms. The molecule has 6 nitrogen and oxygen atoms in total. The van der Waals surface area contributed by atoms with Crippen molar-refractivity contribution in [2.45, 2.75) is 32.5 Å². The van der Waals surface area contributed by atoms with Gasteiger partial charge >= 0.3 is 5.97 Å². The van der Waals surface area contributed by atoms with Gasteiger partial charge in [-0.3, -0.25) is 0 Å². The third kappa shape index (κ3) is 4.14. The number of methoxy groups -OCH3 is 1. The van der Waals surface area contributed by atoms with E-state index in [0.717, 1.165) is 0 Å². The van der Waals surface area contributed by atoms with Crippen LogP contribution in [0.5, 0.6) is 5.75 Å². The molecular formula is C16H20ClNO5. The summed E-state index contributed by atoms with van der Waals surface area (Å²) in [6.45, 7) is 4.61. The summed E-state index contributed by atoms with van der Waals surface area (Å²) in [4.78, 5) is 16.9. The number of halogens is 1. The van der Waals surface area contributed by atoms with Gasteiger partial charge in [0.15, 0.2) is 6.10 Å². The van der Waals surface area contributed by atoms with Crippen LogP contribution in [0.4, 0.5) is 0 Å². The molecule has 0 aliphatic carbocycles. The fraction of sp³-hybridized carbons (Fsp3) is 0.500. The molecule has 0 saturated carbocycles. The first-order chi connectivity index (χ1) is 11.1. The summed E-state index contributed by atoms with van der Waals surface area (Å²) in [6.07, 6.45) is -0.514. The summed E-state index contributed by atoms with van der Waals surface area (Å²) < 4.78 is 16.2. The van der Waals surface area contributed by atoms with Crippen LogP contribution in [0.3, 0.4) is 0 Å². The van der Waals surface area contributed by atoms with Crippen molar-refractivity contribution >= 4 is 23.3 Å². The summed E-state index contributed by atoms with van der Waals surface area (Å²) >= 11 is 6.10. The number of carbonyl (C=O) groups excluding carboxylic acids is 1. The van der Waals surface area contributed by atoms with Gasteiger partial charge in [0.1, 0.15) is 24.2 Å². The van der Waals surface area contributed by atoms with Gasteiger partial charge in [-0.05, 0) is 31.5 Å². The molecule has 7 heteroatoms. The van der Waals surface area contributed by atoms with Crippen molar-refractivity contribution in [3.8, 4) is 5.75 Å². The van der Waals surface area contributed by atoms with Crippen molar-refractivity contribution in [3.63, 3.8) is 0 Å². The second-order valence-corrected chi connectivity index (χ2v) is 5.33. The lowest BCUT2D eigenvalue weighted by Gasteiger charge is -2.19. The Labute approximate surface area is 140 Å². The molecule has 1 aliphatic heterocycles. The average Bonchev–Trinajstić information content (AvgIpc) is 3.01. The van der Waals surface area contributed by atoms with Gasteiger partial charge in [-0.15, -0.1) is 0 Å². The SMILES string of the molecule is CCOC1CON=C1c1cc(Cl)ccc1OC(CC)C(=O)OC. The smallest absolute Gasteiger partial charge is 0.347 e. The topological polar surface area (TPSA) is 66.3 Å². The van der Waals surface area contributed by atoms with Gasteiger partial charge in [-0.25, -0.2) is 4.79 Å². The maximum absolute atomic E-state index is 11.8. The molecule has 0 saturated heterocycles. The lowest BCUT2D eigenvalue weighted by Crippen LogP contribution is -2.30. The molecule has 0 N–H and O–H groups in total. The predicted octanol–water partition coefficient (Wildman–Crippen LogP) is 2.81. The van der Waals surface area contributed by atoms with Gasteiger partial charge in [0.25, 0.3) is 0 Å². The summed E-state index contributed by atoms with van der Waals surface area (Å²) in [5, 5.41) is 4.57. The van der Waals surface area contributed by atoms with E-state index in [1.54, 1.807) is 18.2 Å². The fourth-order valence-corrected chi connectivity index (χ4v) is 2.42. The van der Waals surface area contributed by atoms with Crippen LogP contribution in [0.15, 0.2) is 23.4 Å². The predicted molar refractivity (Wildman–Crippen MR) is 86.1 cm³/mol. The molecular weight excluding hydrogens is 322 g/mol. The fourth-order valence-electron chi connectivity index (χ4n) is 2.25. The summed E-state index contributed by atoms with van der Waals surface area (Å²) in [5.41, 5.74) is 1.25. The zero-order valence-electron chi connectivity index (χ0n) is 13.4. The van der Waals surface area contributed by atoms with Crippen molar-refractivity contribution in [2.75, 3.05) is 20.3 Å². The number of nitrogens with zero attached hydrogens (tertiary/aromatic N) is 1. The number of benzene rings is 1. The Hall–Kier alpha value is -1.79. The third-order valence-electron chi connectivity index (χ3n) is 3.38. The van der Waals surface area contributed by atoms with Crippen LogP contribution in [0.25, 0.3) is 0 Å². The van der Waals surface area contributed by atoms with Gasteiger partial charge in [0.2, 0.25) is 0 Å². The third-order valence-corrected chi connectivity index (χ3v) is 3.62. The van der Waals surface area contributed by atoms with Crippen LogP contribution in [-0.2, 0) is 19.1 Å². The van der Waals surface area contributed by atoms with Crippen LogP contribution in [0, 0.1) is 0 Å². The minimum atomic E-state index is -0.701. The normalized spacial score (nSPS) is 18.1. The number of esters is 1. The molecule has 0 radical (unpaired) electrons. The monoisotopic (exact) mass is 341 g/mol. The zero-order chi connectivity index (χ0) is 16.8. The first-order valence-corrected chi connectivity index (χ1v) is 7.84. The molecule has 1 heterocycles. The number of hydrogen-bond acceptors (Lipinski definition) is 6. The molecule has 2 unspecified atom stereocenters. The summed E-state index contributed by atoms with van der Waals surface area (Å²) in [7, 11) is 1.33. The van der Waals surface area contributed by atoms with E-state index in [1.165, 1.54) is 7.11 Å². The molecule has 0 fully saturated rings. The number of oxime groups is 1. The Kier molecular flexibility index (Phi) is 6.24. The second kappa shape index (κ2) is 8.17. The van der Waals surface area contributed by atoms with E-state index in [0.29, 0.717) is 41.7 Å². The van der Waals surface area contributed by atoms with Crippen LogP contribution in [0.1, 0.15) is 25.8 Å². The van der Waals surface area contributed by atoms with Crippen molar-refractivity contribution in [1.82, 2.24) is 0 Å². The molecule has 126 valence electrons. The minimum Gasteiger partial charge on any atom is -0.478 e. The molecule has 0 amide bonds. The Balaban J connectivity index is 2.32. The van der Waals surface area contributed by atoms with Crippen molar-refractivity contribution in [2.24, 2.45) is 5.16 Å². The quantitative estimate of drug-likeness (QED) is 0.713. The molecule has 1 aliphatic rings. The second-order valence-electron chi connectivity index (χ2n) is 4.89. The number of ether oxygens (including phenoxy) is 3. The van der Waals surface area contributed by atoms with Crippen molar-refractivity contribution in [3.05, 3.63) is 28.8 Å². The molecule has 0 aromatic heterocycles. The number of hydrogen-bond donors (Lipinski definition) is 0. The van der Waals surface area contributed by atoms with E-state index >= 15 is 0 Å². The van der Waals surface area contributed by atoms with E-state index in [-0.39, 0.29) is 6.10 Å². The van der Waals surface area contributed by atoms with Gasteiger partial charge in [0, 0.05) is 17.2 Å². The molecule has 0 bridgehead atoms. The molecule has 1 aromatic carbocycles. The van der Waals surface area contributed by atoms with Crippen LogP contribution in [-0.4, -0.2) is 44.2 Å². The van der Waals surface area contributed by atoms with E-state index < -0.39 is 12.1 Å². The Bertz CT molecular complexity index is 590. The van der Waals surface area contributed by atoms with Crippen LogP contribution < -0.4 is 4.74 Å². The molecule has 2 atom stereocenters. The Morgan fingerprint density at radius 2 is 2.26 bits per heavy atom. The number of carbonyl (C=O) groups is 1. The van der Waals surface area contributed by atoms with Gasteiger partial charge in [-0.2, -0.15) is 0 Å². The van der Waals surface area contributed by atoms with E-state index in [4.69, 9.17) is 30.6 Å². The first kappa shape index (κ1) is 17.6. The maximum atomic E-state index is 11.8. The highest BCUT2D eigenvalue weighted by atomic mass is 35.5. The standard InChI is InChI=1S/C16H20ClNO5/c1-4-12(16(19)20-3)23-13-7-6-10(17)8-11(13)15-14(21-5-2)9-22-18-15/h6-8,12,14H,4-5,9H2,1-3H3. The van der Waals surface area contributed by atoms with Gasteiger partial charge in [-0.1, -0.05) is 23.7 Å². The summed E-state index contributed by atoms with van der Waals surface area (Å²) in [5.74, 6) is 0.0555. The van der Waals surface area contributed by atoms with E-state index in [2.05, 4.69) is 5.16 Å². The number of rotatable bonds is 7. The maximum Gasteiger partial charge on any atom is 0.347 e. The Morgan fingerprint density at radius 3 is 2.91 bits per heavy atom. The van der Waals surface area contributed by atoms with E-state index in [9.17, 15) is 4.79 Å². The zero-order valence-corrected chi connectivity index (χ0v) is 14.1. The first-order valence-electron chi connectivity index (χ1n) is 7.46. The molecule has 2 rings (SSSR count). The van der Waals surface area contributed by atoms with Crippen LogP contribution in [0.2, 0.25) is 5.02 Å². The van der Waals surface area contributed by atoms with Crippen LogP contribution >= 0.6 is 11.6 Å². The summed E-state index contributed by atoms with van der Waals surface area (Å²) in [6, 6.07) is 5.12. The highest BCUT2D eigenvalue weighted by molar-refractivity contribution is 6.31. The average molecular weight is 342 g/mol. The van der Waals surface area contributed by atoms with Gasteiger partial charge < -0.3 is 19.0 Å². The lowest BCUT2D eigenvalue weighted by atomic mass is 10.0. The van der Waals surface area contributed by atoms with Crippen molar-refractivity contribution < 1.29 is 23.8 Å². The highest BCUT2D eigenvalue weighted by Crippen LogP contribution is 2.28. The van der Waals surface area contributed by atoms with Gasteiger partial charge in [0.05, 0.1) is 7.11 Å². The minimum absolute atomic E-state index is 0.293. The lowest BCUT2D eigenvalue weighted by molar-refractivity contribution is -0.148. The Morgan fingerprint density at radius 1 is 1.48 bits per heavy atom.